The van der Waals surface area contributed by atoms with Crippen LogP contribution >= 0.6 is 0 Å². The van der Waals surface area contributed by atoms with E-state index in [1.54, 1.807) is 13.0 Å². The van der Waals surface area contributed by atoms with E-state index in [2.05, 4.69) is 4.99 Å². The molecule has 0 N–H and O–H groups in total. The number of nitrogens with zero attached hydrogens (tertiary/aromatic N) is 1. The number of rotatable bonds is 1. The van der Waals surface area contributed by atoms with Gasteiger partial charge in [0.1, 0.15) is 5.71 Å². The molecule has 1 aromatic carbocycles. The van der Waals surface area contributed by atoms with Crippen LogP contribution in [-0.4, -0.2) is 11.7 Å². The first-order valence-electron chi connectivity index (χ1n) is 4.30. The minimum absolute atomic E-state index is 0.360. The van der Waals surface area contributed by atoms with Crippen molar-refractivity contribution in [3.63, 3.8) is 0 Å². The maximum Gasteiger partial charge on any atom is 0.359 e. The van der Waals surface area contributed by atoms with Crippen LogP contribution in [0.5, 0.6) is 0 Å². The molecule has 0 fully saturated rings. The SMILES string of the molecule is CC1=N/C(=C/c2ccccc2)OC1=O. The normalized spacial score (nSPS) is 18.2. The van der Waals surface area contributed by atoms with Gasteiger partial charge < -0.3 is 4.74 Å². The maximum atomic E-state index is 11.0. The molecule has 0 saturated carbocycles. The van der Waals surface area contributed by atoms with Gasteiger partial charge in [0.15, 0.2) is 0 Å². The third-order valence-electron chi connectivity index (χ3n) is 1.86. The highest BCUT2D eigenvalue weighted by molar-refractivity contribution is 6.37. The van der Waals surface area contributed by atoms with E-state index in [1.807, 2.05) is 30.3 Å². The van der Waals surface area contributed by atoms with Crippen molar-refractivity contribution >= 4 is 17.8 Å². The fourth-order valence-electron chi connectivity index (χ4n) is 1.16. The first-order valence-corrected chi connectivity index (χ1v) is 4.30. The molecule has 0 aromatic heterocycles. The number of carbonyl (C=O) groups excluding carboxylic acids is 1. The lowest BCUT2D eigenvalue weighted by atomic mass is 10.2. The number of ether oxygens (including phenoxy) is 1. The summed E-state index contributed by atoms with van der Waals surface area (Å²) in [6.07, 6.45) is 1.73. The van der Waals surface area contributed by atoms with E-state index < -0.39 is 0 Å². The van der Waals surface area contributed by atoms with Gasteiger partial charge in [0, 0.05) is 6.08 Å². The molecule has 3 heteroatoms. The molecule has 1 aromatic rings. The molecule has 14 heavy (non-hydrogen) atoms. The second kappa shape index (κ2) is 3.46. The molecule has 0 bridgehead atoms. The number of cyclic esters (lactones) is 1. The molecule has 1 aliphatic heterocycles. The largest absolute Gasteiger partial charge is 0.403 e. The minimum Gasteiger partial charge on any atom is -0.403 e. The molecule has 0 aliphatic carbocycles. The maximum absolute atomic E-state index is 11.0. The zero-order chi connectivity index (χ0) is 9.97. The van der Waals surface area contributed by atoms with Crippen molar-refractivity contribution < 1.29 is 9.53 Å². The summed E-state index contributed by atoms with van der Waals surface area (Å²) in [5.41, 5.74) is 1.36. The van der Waals surface area contributed by atoms with Crippen LogP contribution in [0.4, 0.5) is 0 Å². The Hall–Kier alpha value is -1.90. The number of carbonyl (C=O) groups is 1. The summed E-state index contributed by atoms with van der Waals surface area (Å²) in [7, 11) is 0. The number of esters is 1. The molecule has 0 atom stereocenters. The molecular formula is C11H9NO2. The fraction of sp³-hybridized carbons (Fsp3) is 0.0909. The van der Waals surface area contributed by atoms with Crippen molar-refractivity contribution in [2.24, 2.45) is 4.99 Å². The molecule has 0 radical (unpaired) electrons. The van der Waals surface area contributed by atoms with Gasteiger partial charge in [-0.2, -0.15) is 0 Å². The van der Waals surface area contributed by atoms with Crippen LogP contribution in [0, 0.1) is 0 Å². The highest BCUT2D eigenvalue weighted by atomic mass is 16.6. The lowest BCUT2D eigenvalue weighted by Crippen LogP contribution is -2.04. The molecule has 0 spiro atoms. The molecule has 2 rings (SSSR count). The van der Waals surface area contributed by atoms with Gasteiger partial charge in [0.05, 0.1) is 0 Å². The zero-order valence-corrected chi connectivity index (χ0v) is 7.73. The standard InChI is InChI=1S/C11H9NO2/c1-8-11(13)14-10(12-8)7-9-5-3-2-4-6-9/h2-7H,1H3/b10-7-. The van der Waals surface area contributed by atoms with Crippen LogP contribution in [0.25, 0.3) is 6.08 Å². The van der Waals surface area contributed by atoms with E-state index in [9.17, 15) is 4.79 Å². The van der Waals surface area contributed by atoms with E-state index in [4.69, 9.17) is 4.74 Å². The van der Waals surface area contributed by atoms with Crippen molar-refractivity contribution in [2.45, 2.75) is 6.92 Å². The average Bonchev–Trinajstić information content (AvgIpc) is 2.47. The van der Waals surface area contributed by atoms with Gasteiger partial charge in [-0.1, -0.05) is 30.3 Å². The Labute approximate surface area is 81.7 Å². The third kappa shape index (κ3) is 1.71. The molecule has 3 nitrogen and oxygen atoms in total. The molecule has 0 amide bonds. The highest BCUT2D eigenvalue weighted by Crippen LogP contribution is 2.14. The van der Waals surface area contributed by atoms with Crippen molar-refractivity contribution in [1.82, 2.24) is 0 Å². The van der Waals surface area contributed by atoms with Crippen molar-refractivity contribution in [1.29, 1.82) is 0 Å². The van der Waals surface area contributed by atoms with Crippen LogP contribution in [-0.2, 0) is 9.53 Å². The van der Waals surface area contributed by atoms with E-state index in [-0.39, 0.29) is 5.97 Å². The van der Waals surface area contributed by atoms with Crippen LogP contribution in [0.2, 0.25) is 0 Å². The van der Waals surface area contributed by atoms with Crippen molar-refractivity contribution in [3.05, 3.63) is 41.8 Å². The quantitative estimate of drug-likeness (QED) is 0.631. The van der Waals surface area contributed by atoms with Gasteiger partial charge in [-0.3, -0.25) is 0 Å². The monoisotopic (exact) mass is 187 g/mol. The number of benzene rings is 1. The second-order valence-electron chi connectivity index (χ2n) is 2.98. The Morgan fingerprint density at radius 2 is 2.00 bits per heavy atom. The summed E-state index contributed by atoms with van der Waals surface area (Å²) < 4.78 is 4.90. The predicted molar refractivity (Wildman–Crippen MR) is 53.6 cm³/mol. The molecule has 0 unspecified atom stereocenters. The Morgan fingerprint density at radius 3 is 2.57 bits per heavy atom. The molecule has 70 valence electrons. The van der Waals surface area contributed by atoms with Crippen LogP contribution in [0.1, 0.15) is 12.5 Å². The van der Waals surface area contributed by atoms with Crippen molar-refractivity contribution in [2.75, 3.05) is 0 Å². The molecule has 0 saturated heterocycles. The topological polar surface area (TPSA) is 38.7 Å². The first-order chi connectivity index (χ1) is 6.75. The van der Waals surface area contributed by atoms with Gasteiger partial charge in [-0.25, -0.2) is 9.79 Å². The average molecular weight is 187 g/mol. The third-order valence-corrected chi connectivity index (χ3v) is 1.86. The summed E-state index contributed by atoms with van der Waals surface area (Å²) in [6, 6.07) is 9.60. The number of hydrogen-bond acceptors (Lipinski definition) is 3. The Balaban J connectivity index is 2.26. The van der Waals surface area contributed by atoms with Gasteiger partial charge in [0.2, 0.25) is 5.88 Å². The molecular weight excluding hydrogens is 178 g/mol. The number of hydrogen-bond donors (Lipinski definition) is 0. The van der Waals surface area contributed by atoms with Crippen LogP contribution in [0.15, 0.2) is 41.2 Å². The molecule has 1 aliphatic rings. The summed E-state index contributed by atoms with van der Waals surface area (Å²) in [4.78, 5) is 15.0. The molecule has 1 heterocycles. The lowest BCUT2D eigenvalue weighted by Gasteiger charge is -1.94. The fourth-order valence-corrected chi connectivity index (χ4v) is 1.16. The van der Waals surface area contributed by atoms with Gasteiger partial charge in [0.25, 0.3) is 0 Å². The van der Waals surface area contributed by atoms with E-state index in [0.717, 1.165) is 5.56 Å². The summed E-state index contributed by atoms with van der Waals surface area (Å²) in [5, 5.41) is 0. The predicted octanol–water partition coefficient (Wildman–Crippen LogP) is 2.00. The number of aliphatic imine (C=N–C) groups is 1. The Kier molecular flexibility index (Phi) is 2.14. The van der Waals surface area contributed by atoms with Crippen molar-refractivity contribution in [3.8, 4) is 0 Å². The van der Waals surface area contributed by atoms with Crippen LogP contribution in [0.3, 0.4) is 0 Å². The van der Waals surface area contributed by atoms with E-state index in [1.165, 1.54) is 0 Å². The van der Waals surface area contributed by atoms with Gasteiger partial charge in [-0.05, 0) is 12.5 Å². The summed E-state index contributed by atoms with van der Waals surface area (Å²) >= 11 is 0. The van der Waals surface area contributed by atoms with Gasteiger partial charge in [-0.15, -0.1) is 0 Å². The zero-order valence-electron chi connectivity index (χ0n) is 7.73. The van der Waals surface area contributed by atoms with E-state index >= 15 is 0 Å². The minimum atomic E-state index is -0.368. The first kappa shape index (κ1) is 8.69. The lowest BCUT2D eigenvalue weighted by molar-refractivity contribution is -0.130. The van der Waals surface area contributed by atoms with E-state index in [0.29, 0.717) is 11.6 Å². The summed E-state index contributed by atoms with van der Waals surface area (Å²) in [6.45, 7) is 1.63. The van der Waals surface area contributed by atoms with Crippen LogP contribution < -0.4 is 0 Å². The second-order valence-corrected chi connectivity index (χ2v) is 2.98. The van der Waals surface area contributed by atoms with Gasteiger partial charge >= 0.3 is 5.97 Å². The Morgan fingerprint density at radius 1 is 1.29 bits per heavy atom. The highest BCUT2D eigenvalue weighted by Gasteiger charge is 2.18. The smallest absolute Gasteiger partial charge is 0.359 e. The summed E-state index contributed by atoms with van der Waals surface area (Å²) in [5.74, 6) is -0.00844. The Bertz CT molecular complexity index is 418.